The number of hydrogen-bond donors (Lipinski definition) is 0. The molecule has 0 aromatic heterocycles. The van der Waals surface area contributed by atoms with E-state index in [1.54, 1.807) is 28.6 Å². The summed E-state index contributed by atoms with van der Waals surface area (Å²) in [5, 5.41) is 0. The van der Waals surface area contributed by atoms with Gasteiger partial charge in [-0.3, -0.25) is 4.90 Å². The minimum atomic E-state index is -3.41. The van der Waals surface area contributed by atoms with Crippen LogP contribution in [-0.4, -0.2) is 49.3 Å². The number of sulfonamides is 1. The number of alkyl halides is 1. The molecule has 2 aliphatic heterocycles. The van der Waals surface area contributed by atoms with Gasteiger partial charge in [0.1, 0.15) is 0 Å². The summed E-state index contributed by atoms with van der Waals surface area (Å²) < 4.78 is 27.4. The van der Waals surface area contributed by atoms with Gasteiger partial charge in [-0.15, -0.1) is 11.6 Å². The Morgan fingerprint density at radius 1 is 1.24 bits per heavy atom. The summed E-state index contributed by atoms with van der Waals surface area (Å²) >= 11 is 5.76. The van der Waals surface area contributed by atoms with Crippen molar-refractivity contribution in [3.63, 3.8) is 0 Å². The average Bonchev–Trinajstić information content (AvgIpc) is 2.93. The van der Waals surface area contributed by atoms with Crippen LogP contribution in [0.3, 0.4) is 0 Å². The zero-order chi connectivity index (χ0) is 15.0. The van der Waals surface area contributed by atoms with E-state index in [2.05, 4.69) is 4.90 Å². The molecule has 2 unspecified atom stereocenters. The van der Waals surface area contributed by atoms with Crippen molar-refractivity contribution in [3.8, 4) is 0 Å². The third-order valence-corrected chi connectivity index (χ3v) is 6.87. The SMILES string of the molecule is CC1CN2CCCC2CN1S(=O)(=O)c1ccc(CCl)cc1. The van der Waals surface area contributed by atoms with E-state index in [0.29, 0.717) is 23.4 Å². The fraction of sp³-hybridized carbons (Fsp3) is 0.600. The number of fused-ring (bicyclic) bond motifs is 1. The normalized spacial score (nSPS) is 27.7. The number of halogens is 1. The Bertz CT molecular complexity index is 603. The topological polar surface area (TPSA) is 40.6 Å². The van der Waals surface area contributed by atoms with Crippen LogP contribution in [0, 0.1) is 0 Å². The van der Waals surface area contributed by atoms with Gasteiger partial charge in [-0.2, -0.15) is 4.31 Å². The maximum absolute atomic E-state index is 12.9. The standard InChI is InChI=1S/C15H21ClN2O2S/c1-12-10-17-8-2-3-14(17)11-18(12)21(19,20)15-6-4-13(9-16)5-7-15/h4-7,12,14H,2-3,8-11H2,1H3. The highest BCUT2D eigenvalue weighted by Crippen LogP contribution is 2.29. The van der Waals surface area contributed by atoms with Crippen molar-refractivity contribution in [2.24, 2.45) is 0 Å². The summed E-state index contributed by atoms with van der Waals surface area (Å²) in [6, 6.07) is 7.32. The third-order valence-electron chi connectivity index (χ3n) is 4.56. The fourth-order valence-corrected chi connectivity index (χ4v) is 5.22. The number of rotatable bonds is 3. The molecule has 2 saturated heterocycles. The van der Waals surface area contributed by atoms with E-state index in [9.17, 15) is 8.42 Å². The average molecular weight is 329 g/mol. The molecule has 0 saturated carbocycles. The van der Waals surface area contributed by atoms with Crippen LogP contribution < -0.4 is 0 Å². The molecule has 0 amide bonds. The molecular formula is C15H21ClN2O2S. The fourth-order valence-electron chi connectivity index (χ4n) is 3.38. The van der Waals surface area contributed by atoms with Crippen LogP contribution in [0.2, 0.25) is 0 Å². The van der Waals surface area contributed by atoms with Crippen LogP contribution in [0.5, 0.6) is 0 Å². The van der Waals surface area contributed by atoms with E-state index < -0.39 is 10.0 Å². The van der Waals surface area contributed by atoms with Gasteiger partial charge in [0, 0.05) is 31.1 Å². The van der Waals surface area contributed by atoms with Crippen LogP contribution in [0.1, 0.15) is 25.3 Å². The molecule has 0 aliphatic carbocycles. The second-order valence-corrected chi connectivity index (χ2v) is 8.15. The van der Waals surface area contributed by atoms with Gasteiger partial charge >= 0.3 is 0 Å². The molecule has 21 heavy (non-hydrogen) atoms. The Kier molecular flexibility index (Phi) is 4.28. The second kappa shape index (κ2) is 5.88. The summed E-state index contributed by atoms with van der Waals surface area (Å²) in [7, 11) is -3.41. The number of hydrogen-bond acceptors (Lipinski definition) is 3. The molecule has 2 fully saturated rings. The molecule has 2 heterocycles. The van der Waals surface area contributed by atoms with Crippen molar-refractivity contribution in [3.05, 3.63) is 29.8 Å². The first-order valence-corrected chi connectivity index (χ1v) is 9.40. The maximum atomic E-state index is 12.9. The van der Waals surface area contributed by atoms with E-state index in [1.807, 2.05) is 6.92 Å². The summed E-state index contributed by atoms with van der Waals surface area (Å²) in [6.45, 7) is 4.55. The van der Waals surface area contributed by atoms with Gasteiger partial charge in [-0.25, -0.2) is 8.42 Å². The van der Waals surface area contributed by atoms with Gasteiger partial charge in [-0.05, 0) is 44.0 Å². The number of nitrogens with zero attached hydrogens (tertiary/aromatic N) is 2. The molecule has 0 spiro atoms. The van der Waals surface area contributed by atoms with Crippen molar-refractivity contribution >= 4 is 21.6 Å². The Morgan fingerprint density at radius 2 is 1.95 bits per heavy atom. The molecule has 1 aromatic rings. The van der Waals surface area contributed by atoms with Crippen LogP contribution in [0.25, 0.3) is 0 Å². The van der Waals surface area contributed by atoms with E-state index in [1.165, 1.54) is 6.42 Å². The monoisotopic (exact) mass is 328 g/mol. The zero-order valence-corrected chi connectivity index (χ0v) is 13.8. The molecule has 0 bridgehead atoms. The van der Waals surface area contributed by atoms with Gasteiger partial charge in [0.25, 0.3) is 0 Å². The highest BCUT2D eigenvalue weighted by molar-refractivity contribution is 7.89. The van der Waals surface area contributed by atoms with Gasteiger partial charge in [0.2, 0.25) is 10.0 Å². The minimum absolute atomic E-state index is 0.0250. The summed E-state index contributed by atoms with van der Waals surface area (Å²) in [6.07, 6.45) is 2.28. The van der Waals surface area contributed by atoms with Crippen molar-refractivity contribution in [2.75, 3.05) is 19.6 Å². The van der Waals surface area contributed by atoms with Crippen molar-refractivity contribution in [1.29, 1.82) is 0 Å². The molecular weight excluding hydrogens is 308 g/mol. The number of benzene rings is 1. The van der Waals surface area contributed by atoms with Crippen LogP contribution >= 0.6 is 11.6 Å². The second-order valence-electron chi connectivity index (χ2n) is 5.99. The number of piperazine rings is 1. The smallest absolute Gasteiger partial charge is 0.243 e. The third kappa shape index (κ3) is 2.84. The maximum Gasteiger partial charge on any atom is 0.243 e. The van der Waals surface area contributed by atoms with Crippen LogP contribution in [0.4, 0.5) is 0 Å². The lowest BCUT2D eigenvalue weighted by Crippen LogP contribution is -2.56. The van der Waals surface area contributed by atoms with E-state index in [4.69, 9.17) is 11.6 Å². The zero-order valence-electron chi connectivity index (χ0n) is 12.2. The largest absolute Gasteiger partial charge is 0.297 e. The summed E-state index contributed by atoms with van der Waals surface area (Å²) in [5.74, 6) is 0.400. The molecule has 0 radical (unpaired) electrons. The molecule has 3 rings (SSSR count). The lowest BCUT2D eigenvalue weighted by molar-refractivity contribution is 0.117. The molecule has 0 N–H and O–H groups in total. The lowest BCUT2D eigenvalue weighted by atomic mass is 10.1. The molecule has 1 aromatic carbocycles. The molecule has 6 heteroatoms. The Hall–Kier alpha value is -0.620. The quantitative estimate of drug-likeness (QED) is 0.799. The molecule has 2 atom stereocenters. The van der Waals surface area contributed by atoms with Crippen LogP contribution in [0.15, 0.2) is 29.2 Å². The first-order valence-electron chi connectivity index (χ1n) is 7.43. The Balaban J connectivity index is 1.86. The van der Waals surface area contributed by atoms with E-state index >= 15 is 0 Å². The Morgan fingerprint density at radius 3 is 2.62 bits per heavy atom. The Labute approximate surface area is 131 Å². The highest BCUT2D eigenvalue weighted by atomic mass is 35.5. The summed E-state index contributed by atoms with van der Waals surface area (Å²) in [5.41, 5.74) is 0.935. The lowest BCUT2D eigenvalue weighted by Gasteiger charge is -2.41. The molecule has 4 nitrogen and oxygen atoms in total. The van der Waals surface area contributed by atoms with Gasteiger partial charge < -0.3 is 0 Å². The molecule has 116 valence electrons. The van der Waals surface area contributed by atoms with Gasteiger partial charge in [0.05, 0.1) is 4.90 Å². The van der Waals surface area contributed by atoms with E-state index in [0.717, 1.165) is 25.1 Å². The predicted octanol–water partition coefficient (Wildman–Crippen LogP) is 2.28. The predicted molar refractivity (Wildman–Crippen MR) is 83.9 cm³/mol. The minimum Gasteiger partial charge on any atom is -0.297 e. The highest BCUT2D eigenvalue weighted by Gasteiger charge is 2.40. The summed E-state index contributed by atoms with van der Waals surface area (Å²) in [4.78, 5) is 2.79. The van der Waals surface area contributed by atoms with E-state index in [-0.39, 0.29) is 6.04 Å². The van der Waals surface area contributed by atoms with Crippen LogP contribution in [-0.2, 0) is 15.9 Å². The van der Waals surface area contributed by atoms with Crippen molar-refractivity contribution in [1.82, 2.24) is 9.21 Å². The van der Waals surface area contributed by atoms with Gasteiger partial charge in [0.15, 0.2) is 0 Å². The van der Waals surface area contributed by atoms with Crippen molar-refractivity contribution < 1.29 is 8.42 Å². The van der Waals surface area contributed by atoms with Crippen molar-refractivity contribution in [2.45, 2.75) is 42.6 Å². The van der Waals surface area contributed by atoms with Gasteiger partial charge in [-0.1, -0.05) is 12.1 Å². The molecule has 2 aliphatic rings. The first-order chi connectivity index (χ1) is 10.0. The first kappa shape index (κ1) is 15.3.